The average Bonchev–Trinajstić information content (AvgIpc) is 2.72. The van der Waals surface area contributed by atoms with Gasteiger partial charge in [0.1, 0.15) is 6.04 Å². The fourth-order valence-electron chi connectivity index (χ4n) is 2.96. The van der Waals surface area contributed by atoms with Crippen molar-refractivity contribution in [2.75, 3.05) is 13.1 Å². The summed E-state index contributed by atoms with van der Waals surface area (Å²) in [7, 11) is 0. The highest BCUT2D eigenvalue weighted by molar-refractivity contribution is 5.97. The van der Waals surface area contributed by atoms with E-state index >= 15 is 0 Å². The van der Waals surface area contributed by atoms with Crippen molar-refractivity contribution >= 4 is 17.7 Å². The summed E-state index contributed by atoms with van der Waals surface area (Å²) in [5.74, 6) is -2.33. The Morgan fingerprint density at radius 2 is 1.78 bits per heavy atom. The lowest BCUT2D eigenvalue weighted by molar-refractivity contribution is -0.137. The first kappa shape index (κ1) is 24.9. The number of alkyl halides is 3. The lowest BCUT2D eigenvalue weighted by Crippen LogP contribution is -2.52. The van der Waals surface area contributed by atoms with Crippen LogP contribution in [0.3, 0.4) is 0 Å². The minimum atomic E-state index is -4.59. The van der Waals surface area contributed by atoms with Crippen molar-refractivity contribution < 1.29 is 27.6 Å². The average molecular weight is 450 g/mol. The van der Waals surface area contributed by atoms with Crippen LogP contribution in [0.25, 0.3) is 0 Å². The zero-order valence-corrected chi connectivity index (χ0v) is 17.7. The SMILES string of the molecule is Cc1ccc(CNC[C@@H](NC(=O)CNC(=O)c2cccc(C(F)(F)F)c2)C(N)=O)c(C)c1. The van der Waals surface area contributed by atoms with Gasteiger partial charge in [0.15, 0.2) is 0 Å². The Bertz CT molecular complexity index is 993. The van der Waals surface area contributed by atoms with Gasteiger partial charge in [-0.25, -0.2) is 0 Å². The molecule has 0 fully saturated rings. The second-order valence-electron chi connectivity index (χ2n) is 7.34. The molecule has 0 unspecified atom stereocenters. The van der Waals surface area contributed by atoms with Crippen LogP contribution in [0.4, 0.5) is 13.2 Å². The third kappa shape index (κ3) is 7.38. The molecule has 7 nitrogen and oxygen atoms in total. The molecule has 2 aromatic carbocycles. The second kappa shape index (κ2) is 10.8. The van der Waals surface area contributed by atoms with Crippen molar-refractivity contribution in [3.63, 3.8) is 0 Å². The summed E-state index contributed by atoms with van der Waals surface area (Å²) in [6.45, 7) is 3.93. The largest absolute Gasteiger partial charge is 0.416 e. The van der Waals surface area contributed by atoms with Gasteiger partial charge in [0.25, 0.3) is 5.91 Å². The van der Waals surface area contributed by atoms with E-state index in [1.807, 2.05) is 32.0 Å². The van der Waals surface area contributed by atoms with E-state index in [1.165, 1.54) is 6.07 Å². The standard InChI is InChI=1S/C22H25F3N4O3/c1-13-6-7-16(14(2)8-13)10-27-11-18(20(26)31)29-19(30)12-28-21(32)15-4-3-5-17(9-15)22(23,24)25/h3-9,18,27H,10-12H2,1-2H3,(H2,26,31)(H,28,32)(H,29,30)/t18-/m1/s1. The number of primary amides is 1. The molecule has 0 aliphatic carbocycles. The second-order valence-corrected chi connectivity index (χ2v) is 7.34. The van der Waals surface area contributed by atoms with Gasteiger partial charge >= 0.3 is 6.18 Å². The fourth-order valence-corrected chi connectivity index (χ4v) is 2.96. The number of nitrogens with one attached hydrogen (secondary N) is 3. The summed E-state index contributed by atoms with van der Waals surface area (Å²) >= 11 is 0. The molecule has 0 aliphatic rings. The Morgan fingerprint density at radius 1 is 1.06 bits per heavy atom. The first-order chi connectivity index (χ1) is 15.0. The molecule has 0 radical (unpaired) electrons. The van der Waals surface area contributed by atoms with Crippen LogP contribution in [0.5, 0.6) is 0 Å². The molecule has 32 heavy (non-hydrogen) atoms. The number of carbonyl (C=O) groups is 3. The van der Waals surface area contributed by atoms with Crippen LogP contribution in [0.1, 0.15) is 32.6 Å². The van der Waals surface area contributed by atoms with Gasteiger partial charge in [-0.15, -0.1) is 0 Å². The summed E-state index contributed by atoms with van der Waals surface area (Å²) < 4.78 is 38.3. The van der Waals surface area contributed by atoms with E-state index in [0.717, 1.165) is 28.8 Å². The summed E-state index contributed by atoms with van der Waals surface area (Å²) in [5, 5.41) is 7.67. The molecule has 0 spiro atoms. The monoisotopic (exact) mass is 450 g/mol. The van der Waals surface area contributed by atoms with Crippen molar-refractivity contribution in [1.29, 1.82) is 0 Å². The molecule has 3 amide bonds. The molecule has 5 N–H and O–H groups in total. The quantitative estimate of drug-likeness (QED) is 0.467. The molecule has 172 valence electrons. The summed E-state index contributed by atoms with van der Waals surface area (Å²) in [4.78, 5) is 35.8. The maximum absolute atomic E-state index is 12.8. The van der Waals surface area contributed by atoms with Gasteiger partial charge < -0.3 is 21.7 Å². The molecule has 0 aromatic heterocycles. The van der Waals surface area contributed by atoms with Crippen LogP contribution in [0.2, 0.25) is 0 Å². The number of benzene rings is 2. The normalized spacial score (nSPS) is 12.2. The smallest absolute Gasteiger partial charge is 0.368 e. The minimum Gasteiger partial charge on any atom is -0.368 e. The van der Waals surface area contributed by atoms with Crippen LogP contribution < -0.4 is 21.7 Å². The molecular formula is C22H25F3N4O3. The maximum atomic E-state index is 12.8. The number of nitrogens with two attached hydrogens (primary N) is 1. The lowest BCUT2D eigenvalue weighted by atomic mass is 10.1. The van der Waals surface area contributed by atoms with Crippen LogP contribution in [0.15, 0.2) is 42.5 Å². The summed E-state index contributed by atoms with van der Waals surface area (Å²) in [5.41, 5.74) is 7.35. The molecular weight excluding hydrogens is 425 g/mol. The molecule has 0 saturated carbocycles. The number of carbonyl (C=O) groups excluding carboxylic acids is 3. The van der Waals surface area contributed by atoms with Crippen molar-refractivity contribution in [3.8, 4) is 0 Å². The van der Waals surface area contributed by atoms with Crippen molar-refractivity contribution in [2.45, 2.75) is 32.6 Å². The van der Waals surface area contributed by atoms with E-state index in [4.69, 9.17) is 5.73 Å². The Balaban J connectivity index is 1.86. The van der Waals surface area contributed by atoms with Crippen molar-refractivity contribution in [1.82, 2.24) is 16.0 Å². The number of halogens is 3. The van der Waals surface area contributed by atoms with E-state index in [9.17, 15) is 27.6 Å². The van der Waals surface area contributed by atoms with Gasteiger partial charge in [0.05, 0.1) is 12.1 Å². The van der Waals surface area contributed by atoms with Gasteiger partial charge in [-0.05, 0) is 43.2 Å². The van der Waals surface area contributed by atoms with Gasteiger partial charge in [-0.3, -0.25) is 14.4 Å². The Kier molecular flexibility index (Phi) is 8.36. The predicted octanol–water partition coefficient (Wildman–Crippen LogP) is 1.81. The van der Waals surface area contributed by atoms with Crippen molar-refractivity contribution in [3.05, 3.63) is 70.3 Å². The first-order valence-electron chi connectivity index (χ1n) is 9.78. The Labute approximate surface area is 183 Å². The van der Waals surface area contributed by atoms with E-state index < -0.39 is 42.0 Å². The number of hydrogen-bond acceptors (Lipinski definition) is 4. The number of aryl methyl sites for hydroxylation is 2. The maximum Gasteiger partial charge on any atom is 0.416 e. The summed E-state index contributed by atoms with van der Waals surface area (Å²) in [6.07, 6.45) is -4.59. The van der Waals surface area contributed by atoms with E-state index in [0.29, 0.717) is 12.6 Å². The third-order valence-electron chi connectivity index (χ3n) is 4.70. The van der Waals surface area contributed by atoms with Gasteiger partial charge in [-0.1, -0.05) is 29.8 Å². The number of amides is 3. The first-order valence-corrected chi connectivity index (χ1v) is 9.78. The van der Waals surface area contributed by atoms with Gasteiger partial charge in [0, 0.05) is 18.7 Å². The van der Waals surface area contributed by atoms with E-state index in [-0.39, 0.29) is 12.1 Å². The summed E-state index contributed by atoms with van der Waals surface area (Å²) in [6, 6.07) is 8.75. The number of rotatable bonds is 9. The Hall–Kier alpha value is -3.40. The highest BCUT2D eigenvalue weighted by Gasteiger charge is 2.31. The molecule has 0 bridgehead atoms. The zero-order chi connectivity index (χ0) is 23.9. The minimum absolute atomic E-state index is 0.0654. The fraction of sp³-hybridized carbons (Fsp3) is 0.318. The van der Waals surface area contributed by atoms with Crippen LogP contribution in [-0.4, -0.2) is 36.9 Å². The van der Waals surface area contributed by atoms with E-state index in [1.54, 1.807) is 0 Å². The Morgan fingerprint density at radius 3 is 2.41 bits per heavy atom. The molecule has 2 rings (SSSR count). The molecule has 2 aromatic rings. The topological polar surface area (TPSA) is 113 Å². The van der Waals surface area contributed by atoms with Gasteiger partial charge in [-0.2, -0.15) is 13.2 Å². The third-order valence-corrected chi connectivity index (χ3v) is 4.70. The van der Waals surface area contributed by atoms with Gasteiger partial charge in [0.2, 0.25) is 11.8 Å². The molecule has 1 atom stereocenters. The molecule has 10 heteroatoms. The van der Waals surface area contributed by atoms with Crippen molar-refractivity contribution in [2.24, 2.45) is 5.73 Å². The number of hydrogen-bond donors (Lipinski definition) is 4. The van der Waals surface area contributed by atoms with Crippen LogP contribution in [0, 0.1) is 13.8 Å². The predicted molar refractivity (Wildman–Crippen MR) is 113 cm³/mol. The van der Waals surface area contributed by atoms with Crippen LogP contribution in [-0.2, 0) is 22.3 Å². The molecule has 0 saturated heterocycles. The highest BCUT2D eigenvalue weighted by atomic mass is 19.4. The van der Waals surface area contributed by atoms with Crippen LogP contribution >= 0.6 is 0 Å². The zero-order valence-electron chi connectivity index (χ0n) is 17.7. The van der Waals surface area contributed by atoms with E-state index in [2.05, 4.69) is 16.0 Å². The molecule has 0 heterocycles. The lowest BCUT2D eigenvalue weighted by Gasteiger charge is -2.17. The molecule has 0 aliphatic heterocycles. The highest BCUT2D eigenvalue weighted by Crippen LogP contribution is 2.29.